The van der Waals surface area contributed by atoms with E-state index in [4.69, 9.17) is 0 Å². The van der Waals surface area contributed by atoms with Gasteiger partial charge < -0.3 is 31.2 Å². The summed E-state index contributed by atoms with van der Waals surface area (Å²) in [6.45, 7) is 4.60. The summed E-state index contributed by atoms with van der Waals surface area (Å²) < 4.78 is 13.9. The van der Waals surface area contributed by atoms with E-state index in [1.807, 2.05) is 11.8 Å². The van der Waals surface area contributed by atoms with Gasteiger partial charge in [-0.1, -0.05) is 12.5 Å². The summed E-state index contributed by atoms with van der Waals surface area (Å²) in [4.78, 5) is 109. The number of amides is 8. The maximum atomic E-state index is 13.9. The minimum Gasteiger partial charge on any atom is -0.383 e. The van der Waals surface area contributed by atoms with Crippen LogP contribution in [0.3, 0.4) is 0 Å². The zero-order valence-corrected chi connectivity index (χ0v) is 33.1. The van der Waals surface area contributed by atoms with E-state index in [2.05, 4.69) is 31.6 Å². The van der Waals surface area contributed by atoms with Gasteiger partial charge in [0, 0.05) is 87.4 Å². The fraction of sp³-hybridized carbons (Fsp3) is 0.381. The summed E-state index contributed by atoms with van der Waals surface area (Å²) in [7, 11) is 0. The van der Waals surface area contributed by atoms with E-state index < -0.39 is 35.5 Å². The van der Waals surface area contributed by atoms with Crippen molar-refractivity contribution in [3.8, 4) is 0 Å². The zero-order valence-electron chi connectivity index (χ0n) is 33.1. The Morgan fingerprint density at radius 3 is 2.43 bits per heavy atom. The van der Waals surface area contributed by atoms with Gasteiger partial charge in [-0.15, -0.1) is 0 Å². The first-order chi connectivity index (χ1) is 28.9. The normalized spacial score (nSPS) is 18.3. The van der Waals surface area contributed by atoms with Crippen LogP contribution in [0.4, 0.5) is 21.5 Å². The summed E-state index contributed by atoms with van der Waals surface area (Å²) in [5, 5.41) is 13.8. The number of benzene rings is 2. The largest absolute Gasteiger partial charge is 0.383 e. The number of aromatic nitrogens is 1. The summed E-state index contributed by atoms with van der Waals surface area (Å²) in [5.41, 5.74) is 3.97. The van der Waals surface area contributed by atoms with Crippen LogP contribution >= 0.6 is 0 Å². The topological polar surface area (TPSA) is 222 Å². The molecule has 0 radical (unpaired) electrons. The van der Waals surface area contributed by atoms with Gasteiger partial charge in [0.05, 0.1) is 28.9 Å². The number of rotatable bonds is 15. The first-order valence-electron chi connectivity index (χ1n) is 20.0. The second-order valence-corrected chi connectivity index (χ2v) is 15.2. The number of hydrogen-bond donors (Lipinski definition) is 6. The summed E-state index contributed by atoms with van der Waals surface area (Å²) in [6, 6.07) is 7.84. The molecule has 3 aromatic rings. The molecule has 2 saturated heterocycles. The van der Waals surface area contributed by atoms with Crippen LogP contribution in [0, 0.1) is 12.7 Å². The van der Waals surface area contributed by atoms with E-state index in [1.54, 1.807) is 29.3 Å². The number of aromatic amines is 1. The molecule has 0 bridgehead atoms. The first-order valence-corrected chi connectivity index (χ1v) is 20.0. The third kappa shape index (κ3) is 9.12. The number of hydrogen-bond acceptors (Lipinski definition) is 10. The molecule has 17 nitrogen and oxygen atoms in total. The molecule has 5 heterocycles. The number of fused-ring (bicyclic) bond motifs is 2. The Labute approximate surface area is 344 Å². The number of carbonyl (C=O) groups is 8. The molecule has 2 aromatic carbocycles. The van der Waals surface area contributed by atoms with Gasteiger partial charge in [-0.3, -0.25) is 53.5 Å². The van der Waals surface area contributed by atoms with Crippen LogP contribution < -0.4 is 26.6 Å². The predicted octanol–water partition coefficient (Wildman–Crippen LogP) is 2.62. The molecule has 0 spiro atoms. The molecule has 4 aliphatic heterocycles. The van der Waals surface area contributed by atoms with Crippen LogP contribution in [0.2, 0.25) is 0 Å². The highest BCUT2D eigenvalue weighted by Crippen LogP contribution is 2.35. The van der Waals surface area contributed by atoms with Crippen LogP contribution in [0.1, 0.15) is 82.5 Å². The number of nitrogens with one attached hydrogen (secondary N) is 6. The van der Waals surface area contributed by atoms with Crippen molar-refractivity contribution in [2.24, 2.45) is 0 Å². The summed E-state index contributed by atoms with van der Waals surface area (Å²) in [6.07, 6.45) is 5.98. The molecule has 0 saturated carbocycles. The Bertz CT molecular complexity index is 2300. The van der Waals surface area contributed by atoms with E-state index in [-0.39, 0.29) is 73.7 Å². The lowest BCUT2D eigenvalue weighted by atomic mass is 10.0. The lowest BCUT2D eigenvalue weighted by Crippen LogP contribution is -2.54. The first kappa shape index (κ1) is 41.5. The highest BCUT2D eigenvalue weighted by atomic mass is 19.1. The molecule has 6 N–H and O–H groups in total. The van der Waals surface area contributed by atoms with Crippen LogP contribution in [0.25, 0.3) is 11.6 Å². The summed E-state index contributed by atoms with van der Waals surface area (Å²) in [5.74, 6) is -3.44. The number of carbonyl (C=O) groups excluding carboxylic acids is 8. The molecule has 8 amide bonds. The minimum absolute atomic E-state index is 0.0311. The molecule has 0 aliphatic carbocycles. The molecule has 18 heteroatoms. The van der Waals surface area contributed by atoms with Crippen LogP contribution in [-0.2, 0) is 28.8 Å². The number of anilines is 3. The third-order valence-electron chi connectivity index (χ3n) is 11.1. The average Bonchev–Trinajstić information content (AvgIpc) is 3.82. The molecule has 314 valence electrons. The maximum Gasteiger partial charge on any atom is 0.264 e. The van der Waals surface area contributed by atoms with Gasteiger partial charge >= 0.3 is 0 Å². The summed E-state index contributed by atoms with van der Waals surface area (Å²) >= 11 is 0. The number of H-pyrrole nitrogens is 1. The lowest BCUT2D eigenvalue weighted by Gasteiger charge is -2.34. The predicted molar refractivity (Wildman–Crippen MR) is 218 cm³/mol. The lowest BCUT2D eigenvalue weighted by molar-refractivity contribution is -0.136. The Morgan fingerprint density at radius 2 is 1.65 bits per heavy atom. The van der Waals surface area contributed by atoms with Gasteiger partial charge in [-0.25, -0.2) is 4.39 Å². The van der Waals surface area contributed by atoms with Crippen molar-refractivity contribution in [3.63, 3.8) is 0 Å². The molecule has 7 rings (SSSR count). The Balaban J connectivity index is 0.757. The van der Waals surface area contributed by atoms with Gasteiger partial charge in [0.1, 0.15) is 11.9 Å². The second kappa shape index (κ2) is 18.1. The van der Waals surface area contributed by atoms with E-state index in [1.165, 1.54) is 24.3 Å². The molecule has 2 fully saturated rings. The van der Waals surface area contributed by atoms with Crippen molar-refractivity contribution in [1.29, 1.82) is 0 Å². The monoisotopic (exact) mass is 823 g/mol. The van der Waals surface area contributed by atoms with Gasteiger partial charge in [-0.2, -0.15) is 0 Å². The molecular weight excluding hydrogens is 778 g/mol. The van der Waals surface area contributed by atoms with E-state index in [0.717, 1.165) is 10.5 Å². The zero-order chi connectivity index (χ0) is 42.5. The van der Waals surface area contributed by atoms with Crippen molar-refractivity contribution in [2.75, 3.05) is 61.8 Å². The number of piperidine rings is 1. The van der Waals surface area contributed by atoms with Gasteiger partial charge in [0.25, 0.3) is 17.7 Å². The maximum absolute atomic E-state index is 13.9. The highest BCUT2D eigenvalue weighted by molar-refractivity contribution is 6.35. The Kier molecular flexibility index (Phi) is 12.5. The fourth-order valence-electron chi connectivity index (χ4n) is 7.83. The highest BCUT2D eigenvalue weighted by Gasteiger charge is 2.45. The van der Waals surface area contributed by atoms with E-state index in [9.17, 15) is 42.7 Å². The smallest absolute Gasteiger partial charge is 0.264 e. The molecule has 60 heavy (non-hydrogen) atoms. The van der Waals surface area contributed by atoms with Crippen molar-refractivity contribution >= 4 is 76.0 Å². The molecule has 1 aromatic heterocycles. The number of nitrogens with zero attached hydrogens (tertiary/aromatic N) is 3. The average molecular weight is 824 g/mol. The molecule has 1 unspecified atom stereocenters. The Morgan fingerprint density at radius 1 is 0.867 bits per heavy atom. The van der Waals surface area contributed by atoms with Crippen molar-refractivity contribution in [1.82, 2.24) is 30.3 Å². The van der Waals surface area contributed by atoms with Gasteiger partial charge in [0.15, 0.2) is 0 Å². The third-order valence-corrected chi connectivity index (χ3v) is 11.1. The van der Waals surface area contributed by atoms with Crippen LogP contribution in [0.5, 0.6) is 0 Å². The molecule has 4 aliphatic rings. The number of unbranched alkanes of at least 4 members (excludes halogenated alkanes) is 2. The van der Waals surface area contributed by atoms with Crippen molar-refractivity contribution in [2.45, 2.75) is 57.9 Å². The van der Waals surface area contributed by atoms with Gasteiger partial charge in [-0.05, 0) is 68.2 Å². The molecule has 1 atom stereocenters. The standard InChI is InChI=1S/C42H46FN9O8/c1-24-31(21-28-27-20-25(43)10-11-29(27)48-39(28)57)46-22-32(24)47-36(55)23-50-16-18-51(19-17-50)37(56)9-4-2-3-8-34(53)45-15-14-44-30-7-5-6-26-38(30)42(60)52(41(26)59)33-12-13-35(54)49-40(33)58/h5-7,10-11,20-22,33,44,46H,2-4,8-9,12-19,23H2,1H3,(H,45,53)(H,47,55)(H,48,57)(H,49,54,58)/b28-21-. The van der Waals surface area contributed by atoms with Crippen molar-refractivity contribution < 1.29 is 42.7 Å². The van der Waals surface area contributed by atoms with E-state index >= 15 is 0 Å². The Hall–Kier alpha value is -6.69. The van der Waals surface area contributed by atoms with Gasteiger partial charge in [0.2, 0.25) is 29.5 Å². The fourth-order valence-corrected chi connectivity index (χ4v) is 7.83. The minimum atomic E-state index is -1.06. The number of imide groups is 2. The molecular formula is C42H46FN9O8. The number of halogens is 1. The number of piperazine rings is 1. The van der Waals surface area contributed by atoms with Crippen LogP contribution in [-0.4, -0.2) is 119 Å². The van der Waals surface area contributed by atoms with Crippen molar-refractivity contribution in [3.05, 3.63) is 76.4 Å². The SMILES string of the molecule is Cc1c(NC(=O)CN2CCN(C(=O)CCCCCC(=O)NCCNc3cccc4c3C(=O)N(C3CCC(=O)NC3=O)C4=O)CC2)c[nH]c1/C=C1\C(=O)Nc2ccc(F)cc21. The quantitative estimate of drug-likeness (QED) is 0.0747. The van der Waals surface area contributed by atoms with E-state index in [0.29, 0.717) is 85.8 Å². The second-order valence-electron chi connectivity index (χ2n) is 15.2. The van der Waals surface area contributed by atoms with Crippen LogP contribution in [0.15, 0.2) is 42.6 Å².